The molecule has 1 fully saturated rings. The van der Waals surface area contributed by atoms with E-state index >= 15 is 0 Å². The minimum atomic E-state index is -0.435. The summed E-state index contributed by atoms with van der Waals surface area (Å²) in [5.74, 6) is -0.0573. The normalized spacial score (nSPS) is 16.7. The molecule has 1 aliphatic heterocycles. The number of nitrogens with two attached hydrogens (primary N) is 1. The average Bonchev–Trinajstić information content (AvgIpc) is 3.19. The number of pyridine rings is 2. The Bertz CT molecular complexity index is 1360. The molecular formula is C20H19FN8O2. The van der Waals surface area contributed by atoms with Crippen molar-refractivity contribution in [3.63, 3.8) is 0 Å². The molecule has 0 bridgehead atoms. The molecule has 4 aromatic rings. The zero-order valence-corrected chi connectivity index (χ0v) is 16.4. The third-order valence-electron chi connectivity index (χ3n) is 5.43. The highest BCUT2D eigenvalue weighted by molar-refractivity contribution is 6.09. The molecule has 1 aliphatic rings. The maximum atomic E-state index is 14.0. The third-order valence-corrected chi connectivity index (χ3v) is 5.43. The molecule has 158 valence electrons. The van der Waals surface area contributed by atoms with E-state index in [2.05, 4.69) is 30.5 Å². The monoisotopic (exact) mass is 422 g/mol. The highest BCUT2D eigenvalue weighted by Crippen LogP contribution is 2.29. The van der Waals surface area contributed by atoms with Gasteiger partial charge in [-0.25, -0.2) is 9.37 Å². The molecule has 10 nitrogen and oxygen atoms in total. The number of fused-ring (bicyclic) bond motifs is 3. The van der Waals surface area contributed by atoms with Crippen LogP contribution in [0.25, 0.3) is 21.7 Å². The van der Waals surface area contributed by atoms with Gasteiger partial charge in [0.2, 0.25) is 11.8 Å². The number of rotatable bonds is 3. The Morgan fingerprint density at radius 3 is 2.94 bits per heavy atom. The summed E-state index contributed by atoms with van der Waals surface area (Å²) in [6.07, 6.45) is 3.11. The Labute approximate surface area is 174 Å². The lowest BCUT2D eigenvalue weighted by Gasteiger charge is -2.33. The number of aromatic nitrogens is 5. The van der Waals surface area contributed by atoms with Crippen LogP contribution in [0.5, 0.6) is 0 Å². The largest absolute Gasteiger partial charge is 0.366 e. The van der Waals surface area contributed by atoms with E-state index in [-0.39, 0.29) is 29.3 Å². The maximum absolute atomic E-state index is 14.0. The van der Waals surface area contributed by atoms with E-state index in [1.165, 1.54) is 18.3 Å². The van der Waals surface area contributed by atoms with Crippen molar-refractivity contribution < 1.29 is 9.18 Å². The number of H-pyrrole nitrogens is 2. The van der Waals surface area contributed by atoms with Gasteiger partial charge in [-0.05, 0) is 37.1 Å². The minimum absolute atomic E-state index is 0.0177. The molecule has 0 spiro atoms. The van der Waals surface area contributed by atoms with Crippen molar-refractivity contribution >= 4 is 39.3 Å². The fraction of sp³-hybridized carbons (Fsp3) is 0.250. The molecule has 5 rings (SSSR count). The van der Waals surface area contributed by atoms with Crippen molar-refractivity contribution in [1.29, 1.82) is 0 Å². The number of piperidine rings is 1. The number of halogens is 1. The number of carbonyl (C=O) groups excluding carboxylic acids is 1. The summed E-state index contributed by atoms with van der Waals surface area (Å²) in [6, 6.07) is 5.87. The van der Waals surface area contributed by atoms with Crippen molar-refractivity contribution in [3.05, 3.63) is 52.5 Å². The Kier molecular flexibility index (Phi) is 4.50. The van der Waals surface area contributed by atoms with Crippen LogP contribution in [0.2, 0.25) is 0 Å². The first-order valence-corrected chi connectivity index (χ1v) is 9.84. The Morgan fingerprint density at radius 2 is 2.13 bits per heavy atom. The van der Waals surface area contributed by atoms with Crippen LogP contribution >= 0.6 is 0 Å². The summed E-state index contributed by atoms with van der Waals surface area (Å²) in [5, 5.41) is 11.1. The average molecular weight is 422 g/mol. The van der Waals surface area contributed by atoms with Gasteiger partial charge in [-0.3, -0.25) is 14.7 Å². The molecule has 0 aliphatic carbocycles. The SMILES string of the molecule is Nc1n[nH]c(C(=O)N2CCC[C@@H](Nc3nc4cc[nH]c(=O)c4c4cc(F)ccc34)C2)n1. The number of amides is 1. The van der Waals surface area contributed by atoms with Crippen LogP contribution in [0.1, 0.15) is 23.5 Å². The molecular weight excluding hydrogens is 403 g/mol. The van der Waals surface area contributed by atoms with E-state index in [1.807, 2.05) is 0 Å². The molecule has 0 radical (unpaired) electrons. The highest BCUT2D eigenvalue weighted by Gasteiger charge is 2.27. The van der Waals surface area contributed by atoms with Crippen LogP contribution < -0.4 is 16.6 Å². The fourth-order valence-corrected chi connectivity index (χ4v) is 4.04. The van der Waals surface area contributed by atoms with E-state index < -0.39 is 5.82 Å². The molecule has 4 heterocycles. The Balaban J connectivity index is 1.48. The van der Waals surface area contributed by atoms with Gasteiger partial charge in [-0.15, -0.1) is 5.10 Å². The second kappa shape index (κ2) is 7.35. The molecule has 5 N–H and O–H groups in total. The van der Waals surface area contributed by atoms with Gasteiger partial charge in [0.05, 0.1) is 10.9 Å². The third kappa shape index (κ3) is 3.43. The van der Waals surface area contributed by atoms with Gasteiger partial charge in [0.1, 0.15) is 11.6 Å². The van der Waals surface area contributed by atoms with Crippen LogP contribution in [0.15, 0.2) is 35.3 Å². The zero-order valence-electron chi connectivity index (χ0n) is 16.4. The first-order valence-electron chi connectivity index (χ1n) is 9.84. The number of anilines is 2. The molecule has 11 heteroatoms. The van der Waals surface area contributed by atoms with Crippen LogP contribution in [-0.2, 0) is 0 Å². The first-order chi connectivity index (χ1) is 15.0. The lowest BCUT2D eigenvalue weighted by molar-refractivity contribution is 0.0703. The van der Waals surface area contributed by atoms with E-state index in [0.29, 0.717) is 40.6 Å². The minimum Gasteiger partial charge on any atom is -0.366 e. The Hall–Kier alpha value is -4.02. The lowest BCUT2D eigenvalue weighted by atomic mass is 10.0. The topological polar surface area (TPSA) is 146 Å². The van der Waals surface area contributed by atoms with Gasteiger partial charge in [0, 0.05) is 36.1 Å². The standard InChI is InChI=1S/C20H19FN8O2/c21-10-3-4-12-13(8-10)15-14(5-6-23-18(15)30)25-16(12)24-11-2-1-7-29(9-11)19(31)17-26-20(22)28-27-17/h3-6,8,11H,1-2,7,9H2,(H,23,30)(H,24,25)(H3,22,26,27,28)/t11-/m1/s1. The number of hydrogen-bond donors (Lipinski definition) is 4. The zero-order chi connectivity index (χ0) is 21.5. The number of carbonyl (C=O) groups is 1. The summed E-state index contributed by atoms with van der Waals surface area (Å²) < 4.78 is 14.0. The summed E-state index contributed by atoms with van der Waals surface area (Å²) in [5.41, 5.74) is 5.64. The van der Waals surface area contributed by atoms with Gasteiger partial charge in [-0.1, -0.05) is 0 Å². The fourth-order valence-electron chi connectivity index (χ4n) is 4.04. The Morgan fingerprint density at radius 1 is 1.26 bits per heavy atom. The molecule has 1 aromatic carbocycles. The predicted octanol–water partition coefficient (Wildman–Crippen LogP) is 1.63. The summed E-state index contributed by atoms with van der Waals surface area (Å²) in [6.45, 7) is 1.02. The number of likely N-dealkylation sites (tertiary alicyclic amines) is 1. The van der Waals surface area contributed by atoms with Crippen molar-refractivity contribution in [2.24, 2.45) is 0 Å². The number of hydrogen-bond acceptors (Lipinski definition) is 7. The molecule has 1 atom stereocenters. The second-order valence-corrected chi connectivity index (χ2v) is 7.49. The molecule has 1 saturated heterocycles. The number of benzene rings is 1. The maximum Gasteiger partial charge on any atom is 0.291 e. The van der Waals surface area contributed by atoms with Crippen molar-refractivity contribution in [2.45, 2.75) is 18.9 Å². The first kappa shape index (κ1) is 19.0. The van der Waals surface area contributed by atoms with Crippen LogP contribution in [0, 0.1) is 5.82 Å². The number of nitrogens with one attached hydrogen (secondary N) is 3. The molecule has 31 heavy (non-hydrogen) atoms. The molecule has 0 unspecified atom stereocenters. The van der Waals surface area contributed by atoms with Gasteiger partial charge >= 0.3 is 0 Å². The van der Waals surface area contributed by atoms with Crippen LogP contribution in [-0.4, -0.2) is 55.1 Å². The smallest absolute Gasteiger partial charge is 0.291 e. The van der Waals surface area contributed by atoms with Crippen LogP contribution in [0.4, 0.5) is 16.2 Å². The van der Waals surface area contributed by atoms with Crippen LogP contribution in [0.3, 0.4) is 0 Å². The molecule has 3 aromatic heterocycles. The quantitative estimate of drug-likeness (QED) is 0.367. The highest BCUT2D eigenvalue weighted by atomic mass is 19.1. The number of nitrogens with zero attached hydrogens (tertiary/aromatic N) is 4. The van der Waals surface area contributed by atoms with Gasteiger partial charge in [0.15, 0.2) is 0 Å². The van der Waals surface area contributed by atoms with Crippen molar-refractivity contribution in [2.75, 3.05) is 24.1 Å². The van der Waals surface area contributed by atoms with E-state index in [4.69, 9.17) is 5.73 Å². The van der Waals surface area contributed by atoms with Crippen molar-refractivity contribution in [3.8, 4) is 0 Å². The second-order valence-electron chi connectivity index (χ2n) is 7.49. The summed E-state index contributed by atoms with van der Waals surface area (Å²) in [4.78, 5) is 37.9. The summed E-state index contributed by atoms with van der Waals surface area (Å²) in [7, 11) is 0. The summed E-state index contributed by atoms with van der Waals surface area (Å²) >= 11 is 0. The van der Waals surface area contributed by atoms with Gasteiger partial charge < -0.3 is 20.9 Å². The van der Waals surface area contributed by atoms with Crippen molar-refractivity contribution in [1.82, 2.24) is 30.0 Å². The number of aromatic amines is 2. The molecule has 0 saturated carbocycles. The van der Waals surface area contributed by atoms with Gasteiger partial charge in [0.25, 0.3) is 11.5 Å². The molecule has 1 amide bonds. The predicted molar refractivity (Wildman–Crippen MR) is 113 cm³/mol. The van der Waals surface area contributed by atoms with E-state index in [0.717, 1.165) is 12.8 Å². The van der Waals surface area contributed by atoms with Gasteiger partial charge in [-0.2, -0.15) is 4.98 Å². The van der Waals surface area contributed by atoms with E-state index in [1.54, 1.807) is 17.0 Å². The number of nitrogen functional groups attached to an aromatic ring is 1. The lowest BCUT2D eigenvalue weighted by Crippen LogP contribution is -2.45. The van der Waals surface area contributed by atoms with E-state index in [9.17, 15) is 14.0 Å².